The maximum Gasteiger partial charge on any atom is 0.322 e. The Bertz CT molecular complexity index is 1080. The van der Waals surface area contributed by atoms with Crippen LogP contribution in [-0.4, -0.2) is 40.9 Å². The first kappa shape index (κ1) is 25.3. The number of anilines is 1. The predicted octanol–water partition coefficient (Wildman–Crippen LogP) is 5.93. The van der Waals surface area contributed by atoms with E-state index in [0.717, 1.165) is 10.4 Å². The van der Waals surface area contributed by atoms with Crippen molar-refractivity contribution >= 4 is 29.0 Å². The highest BCUT2D eigenvalue weighted by Gasteiger charge is 2.25. The second-order valence-electron chi connectivity index (χ2n) is 8.33. The van der Waals surface area contributed by atoms with Gasteiger partial charge in [0.25, 0.3) is 0 Å². The van der Waals surface area contributed by atoms with Gasteiger partial charge in [0.1, 0.15) is 12.3 Å². The van der Waals surface area contributed by atoms with Gasteiger partial charge in [-0.3, -0.25) is 4.79 Å². The zero-order valence-electron chi connectivity index (χ0n) is 20.3. The fourth-order valence-electron chi connectivity index (χ4n) is 3.57. The summed E-state index contributed by atoms with van der Waals surface area (Å²) in [5.74, 6) is 0.504. The summed E-state index contributed by atoms with van der Waals surface area (Å²) in [5.41, 5.74) is 1.64. The van der Waals surface area contributed by atoms with Gasteiger partial charge in [-0.1, -0.05) is 42.5 Å². The molecule has 7 heteroatoms. The van der Waals surface area contributed by atoms with Crippen LogP contribution in [0.4, 0.5) is 10.5 Å². The van der Waals surface area contributed by atoms with Crippen molar-refractivity contribution in [2.75, 3.05) is 18.5 Å². The van der Waals surface area contributed by atoms with Crippen LogP contribution in [0.3, 0.4) is 0 Å². The maximum absolute atomic E-state index is 13.5. The Labute approximate surface area is 206 Å². The van der Waals surface area contributed by atoms with Gasteiger partial charge in [0.05, 0.1) is 18.8 Å². The number of carbonyl (C=O) groups excluding carboxylic acids is 2. The zero-order valence-corrected chi connectivity index (χ0v) is 21.1. The summed E-state index contributed by atoms with van der Waals surface area (Å²) in [5, 5.41) is 2.92. The third-order valence-electron chi connectivity index (χ3n) is 5.33. The third-order valence-corrected chi connectivity index (χ3v) is 6.32. The summed E-state index contributed by atoms with van der Waals surface area (Å²) in [6.45, 7) is 9.24. The molecule has 6 nitrogen and oxygen atoms in total. The van der Waals surface area contributed by atoms with Gasteiger partial charge in [-0.15, -0.1) is 11.3 Å². The van der Waals surface area contributed by atoms with Crippen molar-refractivity contribution in [3.8, 4) is 5.75 Å². The predicted molar refractivity (Wildman–Crippen MR) is 138 cm³/mol. The fraction of sp³-hybridized carbons (Fsp3) is 0.333. The molecule has 0 unspecified atom stereocenters. The molecule has 0 bridgehead atoms. The largest absolute Gasteiger partial charge is 0.492 e. The summed E-state index contributed by atoms with van der Waals surface area (Å²) in [4.78, 5) is 32.4. The smallest absolute Gasteiger partial charge is 0.322 e. The van der Waals surface area contributed by atoms with E-state index < -0.39 is 0 Å². The molecule has 180 valence electrons. The molecule has 0 atom stereocenters. The molecule has 0 fully saturated rings. The van der Waals surface area contributed by atoms with E-state index in [1.54, 1.807) is 22.3 Å². The van der Waals surface area contributed by atoms with Gasteiger partial charge in [-0.2, -0.15) is 0 Å². The second-order valence-corrected chi connectivity index (χ2v) is 9.70. The highest BCUT2D eigenvalue weighted by molar-refractivity contribution is 7.11. The van der Waals surface area contributed by atoms with E-state index in [4.69, 9.17) is 4.74 Å². The summed E-state index contributed by atoms with van der Waals surface area (Å²) in [6, 6.07) is 20.9. The number of carbonyl (C=O) groups is 2. The van der Waals surface area contributed by atoms with Gasteiger partial charge >= 0.3 is 6.03 Å². The number of thiophene rings is 1. The number of nitrogens with zero attached hydrogens (tertiary/aromatic N) is 2. The van der Waals surface area contributed by atoms with Gasteiger partial charge in [0.2, 0.25) is 5.91 Å². The van der Waals surface area contributed by atoms with Crippen molar-refractivity contribution in [1.82, 2.24) is 9.80 Å². The molecule has 0 aliphatic heterocycles. The maximum atomic E-state index is 13.5. The van der Waals surface area contributed by atoms with E-state index >= 15 is 0 Å². The number of hydrogen-bond donors (Lipinski definition) is 1. The van der Waals surface area contributed by atoms with Crippen LogP contribution >= 0.6 is 11.3 Å². The number of para-hydroxylation sites is 2. The molecule has 3 amide bonds. The van der Waals surface area contributed by atoms with Crippen LogP contribution < -0.4 is 10.1 Å². The van der Waals surface area contributed by atoms with Crippen LogP contribution in [0.5, 0.6) is 5.75 Å². The summed E-state index contributed by atoms with van der Waals surface area (Å²) in [6.07, 6.45) is 0. The lowest BCUT2D eigenvalue weighted by atomic mass is 10.2. The fourth-order valence-corrected chi connectivity index (χ4v) is 4.47. The molecule has 1 N–H and O–H groups in total. The number of nitrogens with one attached hydrogen (secondary N) is 1. The number of ether oxygens (including phenoxy) is 1. The monoisotopic (exact) mass is 479 g/mol. The number of amides is 3. The Morgan fingerprint density at radius 3 is 2.32 bits per heavy atom. The topological polar surface area (TPSA) is 61.9 Å². The van der Waals surface area contributed by atoms with Gasteiger partial charge < -0.3 is 19.9 Å². The van der Waals surface area contributed by atoms with Crippen LogP contribution in [-0.2, 0) is 17.9 Å². The Morgan fingerprint density at radius 1 is 0.971 bits per heavy atom. The first-order valence-electron chi connectivity index (χ1n) is 11.5. The quantitative estimate of drug-likeness (QED) is 0.392. The van der Waals surface area contributed by atoms with Crippen LogP contribution in [0.15, 0.2) is 66.7 Å². The third kappa shape index (κ3) is 7.09. The number of benzene rings is 2. The van der Waals surface area contributed by atoms with Crippen LogP contribution in [0.2, 0.25) is 0 Å². The Morgan fingerprint density at radius 2 is 1.68 bits per heavy atom. The lowest BCUT2D eigenvalue weighted by Gasteiger charge is -2.30. The van der Waals surface area contributed by atoms with E-state index in [1.165, 1.54) is 4.88 Å². The van der Waals surface area contributed by atoms with Gasteiger partial charge in [0.15, 0.2) is 0 Å². The van der Waals surface area contributed by atoms with Gasteiger partial charge in [-0.05, 0) is 57.5 Å². The minimum absolute atomic E-state index is 0.0164. The molecular weight excluding hydrogens is 446 g/mol. The van der Waals surface area contributed by atoms with Crippen LogP contribution in [0, 0.1) is 6.92 Å². The molecule has 3 rings (SSSR count). The number of rotatable bonds is 10. The summed E-state index contributed by atoms with van der Waals surface area (Å²) >= 11 is 1.68. The van der Waals surface area contributed by atoms with Crippen LogP contribution in [0.1, 0.15) is 36.1 Å². The molecule has 0 spiro atoms. The summed E-state index contributed by atoms with van der Waals surface area (Å²) in [7, 11) is 0. The first-order valence-corrected chi connectivity index (χ1v) is 12.4. The molecule has 2 aromatic carbocycles. The molecule has 0 saturated heterocycles. The van der Waals surface area contributed by atoms with Crippen molar-refractivity contribution in [2.45, 2.75) is 46.8 Å². The number of urea groups is 1. The SMILES string of the molecule is CCOc1ccccc1NC(=O)N(CC(=O)N(Cc1ccccc1)Cc1ccc(C)s1)C(C)C. The van der Waals surface area contributed by atoms with E-state index in [1.807, 2.05) is 74.2 Å². The van der Waals surface area contributed by atoms with Gasteiger partial charge in [0, 0.05) is 22.3 Å². The minimum atomic E-state index is -0.331. The first-order chi connectivity index (χ1) is 16.4. The Balaban J connectivity index is 1.76. The standard InChI is InChI=1S/C27H33N3O3S/c1-5-33-25-14-10-9-13-24(25)28-27(32)30(20(2)3)19-26(31)29(17-22-11-7-6-8-12-22)18-23-16-15-21(4)34-23/h6-16,20H,5,17-19H2,1-4H3,(H,28,32). The average molecular weight is 480 g/mol. The van der Waals surface area contributed by atoms with E-state index in [-0.39, 0.29) is 24.5 Å². The van der Waals surface area contributed by atoms with Crippen molar-refractivity contribution in [1.29, 1.82) is 0 Å². The van der Waals surface area contributed by atoms with Crippen molar-refractivity contribution in [3.63, 3.8) is 0 Å². The molecule has 34 heavy (non-hydrogen) atoms. The number of aryl methyl sites for hydroxylation is 1. The van der Waals surface area contributed by atoms with E-state index in [9.17, 15) is 9.59 Å². The van der Waals surface area contributed by atoms with Crippen molar-refractivity contribution in [2.24, 2.45) is 0 Å². The number of hydrogen-bond acceptors (Lipinski definition) is 4. The molecule has 1 aromatic heterocycles. The average Bonchev–Trinajstić information content (AvgIpc) is 3.23. The highest BCUT2D eigenvalue weighted by Crippen LogP contribution is 2.24. The van der Waals surface area contributed by atoms with E-state index in [2.05, 4.69) is 24.4 Å². The Kier molecular flexibility index (Phi) is 9.10. The molecule has 0 saturated carbocycles. The zero-order chi connectivity index (χ0) is 24.5. The molecule has 0 aliphatic rings. The second kappa shape index (κ2) is 12.2. The highest BCUT2D eigenvalue weighted by atomic mass is 32.1. The van der Waals surface area contributed by atoms with E-state index in [0.29, 0.717) is 31.1 Å². The molecule has 0 aliphatic carbocycles. The van der Waals surface area contributed by atoms with Crippen molar-refractivity contribution < 1.29 is 14.3 Å². The van der Waals surface area contributed by atoms with Crippen LogP contribution in [0.25, 0.3) is 0 Å². The Hall–Kier alpha value is -3.32. The molecule has 0 radical (unpaired) electrons. The molecular formula is C27H33N3O3S. The lowest BCUT2D eigenvalue weighted by molar-refractivity contribution is -0.133. The van der Waals surface area contributed by atoms with Gasteiger partial charge in [-0.25, -0.2) is 4.79 Å². The lowest BCUT2D eigenvalue weighted by Crippen LogP contribution is -2.47. The van der Waals surface area contributed by atoms with Crippen molar-refractivity contribution in [3.05, 3.63) is 82.0 Å². The minimum Gasteiger partial charge on any atom is -0.492 e. The normalized spacial score (nSPS) is 10.7. The molecule has 1 heterocycles. The summed E-state index contributed by atoms with van der Waals surface area (Å²) < 4.78 is 5.62. The molecule has 3 aromatic rings.